The maximum Gasteiger partial charge on any atom is 0.252 e. The van der Waals surface area contributed by atoms with Gasteiger partial charge in [-0.1, -0.05) is 30.3 Å². The van der Waals surface area contributed by atoms with Gasteiger partial charge in [0.15, 0.2) is 0 Å². The summed E-state index contributed by atoms with van der Waals surface area (Å²) in [4.78, 5) is 29.9. The van der Waals surface area contributed by atoms with Crippen molar-refractivity contribution in [1.29, 1.82) is 0 Å². The third-order valence-electron chi connectivity index (χ3n) is 3.03. The standard InChI is InChI=1S/C14H13N5O2/c20-12(15-8-10-4-2-1-3-5-10)6-11-7-13(21)18-14-16-9-17-19(11)14/h1-5,7,9H,6,8H2,(H,15,20)(H,16,17,18,21). The lowest BCUT2D eigenvalue weighted by Crippen LogP contribution is -2.26. The van der Waals surface area contributed by atoms with Crippen LogP contribution in [0.25, 0.3) is 5.78 Å². The lowest BCUT2D eigenvalue weighted by molar-refractivity contribution is -0.120. The van der Waals surface area contributed by atoms with E-state index in [0.717, 1.165) is 5.56 Å². The van der Waals surface area contributed by atoms with E-state index in [2.05, 4.69) is 20.4 Å². The van der Waals surface area contributed by atoms with Crippen LogP contribution in [0.3, 0.4) is 0 Å². The average molecular weight is 283 g/mol. The molecule has 7 nitrogen and oxygen atoms in total. The summed E-state index contributed by atoms with van der Waals surface area (Å²) >= 11 is 0. The first-order valence-corrected chi connectivity index (χ1v) is 6.45. The van der Waals surface area contributed by atoms with Crippen LogP contribution in [0.2, 0.25) is 0 Å². The van der Waals surface area contributed by atoms with Crippen LogP contribution >= 0.6 is 0 Å². The number of hydrogen-bond donors (Lipinski definition) is 2. The molecule has 1 amide bonds. The van der Waals surface area contributed by atoms with Gasteiger partial charge in [-0.2, -0.15) is 10.1 Å². The van der Waals surface area contributed by atoms with Crippen molar-refractivity contribution in [2.24, 2.45) is 0 Å². The zero-order valence-corrected chi connectivity index (χ0v) is 11.1. The van der Waals surface area contributed by atoms with Crippen molar-refractivity contribution in [2.45, 2.75) is 13.0 Å². The number of hydrogen-bond acceptors (Lipinski definition) is 4. The Balaban J connectivity index is 1.72. The third kappa shape index (κ3) is 2.97. The second-order valence-electron chi connectivity index (χ2n) is 4.56. The molecule has 0 radical (unpaired) electrons. The molecule has 0 aliphatic heterocycles. The van der Waals surface area contributed by atoms with Crippen LogP contribution in [0.15, 0.2) is 47.5 Å². The molecule has 0 spiro atoms. The fourth-order valence-electron chi connectivity index (χ4n) is 2.05. The Kier molecular flexibility index (Phi) is 3.46. The second kappa shape index (κ2) is 5.58. The van der Waals surface area contributed by atoms with Crippen molar-refractivity contribution >= 4 is 11.7 Å². The molecule has 3 aromatic rings. The first-order chi connectivity index (χ1) is 10.2. The minimum Gasteiger partial charge on any atom is -0.352 e. The summed E-state index contributed by atoms with van der Waals surface area (Å²) in [6.45, 7) is 0.448. The van der Waals surface area contributed by atoms with Gasteiger partial charge in [0.25, 0.3) is 5.56 Å². The molecule has 2 N–H and O–H groups in total. The van der Waals surface area contributed by atoms with Gasteiger partial charge in [0.05, 0.1) is 12.1 Å². The summed E-state index contributed by atoms with van der Waals surface area (Å²) < 4.78 is 1.45. The average Bonchev–Trinajstić information content (AvgIpc) is 2.94. The van der Waals surface area contributed by atoms with Gasteiger partial charge in [-0.05, 0) is 5.56 Å². The summed E-state index contributed by atoms with van der Waals surface area (Å²) in [6.07, 6.45) is 1.40. The maximum absolute atomic E-state index is 12.0. The second-order valence-corrected chi connectivity index (χ2v) is 4.56. The van der Waals surface area contributed by atoms with Gasteiger partial charge in [-0.3, -0.25) is 14.6 Å². The number of carbonyl (C=O) groups is 1. The molecule has 2 aromatic heterocycles. The predicted octanol–water partition coefficient (Wildman–Crippen LogP) is 0.276. The van der Waals surface area contributed by atoms with Gasteiger partial charge in [-0.15, -0.1) is 0 Å². The third-order valence-corrected chi connectivity index (χ3v) is 3.03. The lowest BCUT2D eigenvalue weighted by Gasteiger charge is -2.06. The van der Waals surface area contributed by atoms with Crippen LogP contribution in [0.4, 0.5) is 0 Å². The van der Waals surface area contributed by atoms with Gasteiger partial charge in [0.2, 0.25) is 11.7 Å². The highest BCUT2D eigenvalue weighted by atomic mass is 16.1. The van der Waals surface area contributed by atoms with Gasteiger partial charge in [-0.25, -0.2) is 4.52 Å². The molecule has 0 unspecified atom stereocenters. The maximum atomic E-state index is 12.0. The van der Waals surface area contributed by atoms with Gasteiger partial charge < -0.3 is 5.32 Å². The molecule has 3 rings (SSSR count). The number of H-pyrrole nitrogens is 1. The smallest absolute Gasteiger partial charge is 0.252 e. The molecule has 0 atom stereocenters. The number of benzene rings is 1. The van der Waals surface area contributed by atoms with Crippen molar-refractivity contribution in [3.63, 3.8) is 0 Å². The molecule has 2 heterocycles. The van der Waals surface area contributed by atoms with E-state index in [4.69, 9.17) is 0 Å². The quantitative estimate of drug-likeness (QED) is 0.719. The normalized spacial score (nSPS) is 10.7. The Morgan fingerprint density at radius 2 is 2.10 bits per heavy atom. The summed E-state index contributed by atoms with van der Waals surface area (Å²) in [5.41, 5.74) is 1.21. The van der Waals surface area contributed by atoms with E-state index in [0.29, 0.717) is 18.0 Å². The zero-order chi connectivity index (χ0) is 14.7. The number of aromatic nitrogens is 4. The number of carbonyl (C=O) groups excluding carboxylic acids is 1. The van der Waals surface area contributed by atoms with E-state index in [9.17, 15) is 9.59 Å². The van der Waals surface area contributed by atoms with Crippen molar-refractivity contribution in [2.75, 3.05) is 0 Å². The Labute approximate surface area is 119 Å². The molecule has 1 aromatic carbocycles. The Bertz CT molecular complexity index is 822. The van der Waals surface area contributed by atoms with Crippen LogP contribution in [-0.4, -0.2) is 25.5 Å². The highest BCUT2D eigenvalue weighted by molar-refractivity contribution is 5.78. The van der Waals surface area contributed by atoms with Crippen molar-refractivity contribution in [3.8, 4) is 0 Å². The monoisotopic (exact) mass is 283 g/mol. The molecule has 0 bridgehead atoms. The Hall–Kier alpha value is -2.96. The highest BCUT2D eigenvalue weighted by Gasteiger charge is 2.09. The van der Waals surface area contributed by atoms with E-state index in [1.54, 1.807) is 0 Å². The lowest BCUT2D eigenvalue weighted by atomic mass is 10.2. The molecule has 0 fully saturated rings. The Morgan fingerprint density at radius 1 is 1.29 bits per heavy atom. The number of nitrogens with zero attached hydrogens (tertiary/aromatic N) is 3. The summed E-state index contributed by atoms with van der Waals surface area (Å²) in [5.74, 6) is 0.148. The van der Waals surface area contributed by atoms with E-state index >= 15 is 0 Å². The predicted molar refractivity (Wildman–Crippen MR) is 75.6 cm³/mol. The van der Waals surface area contributed by atoms with Crippen LogP contribution in [0.1, 0.15) is 11.3 Å². The van der Waals surface area contributed by atoms with E-state index < -0.39 is 0 Å². The van der Waals surface area contributed by atoms with Crippen molar-refractivity contribution in [1.82, 2.24) is 24.9 Å². The zero-order valence-electron chi connectivity index (χ0n) is 11.1. The van der Waals surface area contributed by atoms with Crippen LogP contribution in [0, 0.1) is 0 Å². The molecule has 0 saturated heterocycles. The van der Waals surface area contributed by atoms with Crippen molar-refractivity contribution < 1.29 is 4.79 Å². The van der Waals surface area contributed by atoms with Crippen LogP contribution in [0.5, 0.6) is 0 Å². The largest absolute Gasteiger partial charge is 0.352 e. The molecule has 0 aliphatic carbocycles. The fraction of sp³-hybridized carbons (Fsp3) is 0.143. The number of amides is 1. The number of rotatable bonds is 4. The van der Waals surface area contributed by atoms with E-state index in [1.165, 1.54) is 16.9 Å². The molecule has 106 valence electrons. The van der Waals surface area contributed by atoms with Crippen molar-refractivity contribution in [3.05, 3.63) is 64.3 Å². The molecule has 0 saturated carbocycles. The number of nitrogens with one attached hydrogen (secondary N) is 2. The van der Waals surface area contributed by atoms with E-state index in [-0.39, 0.29) is 17.9 Å². The highest BCUT2D eigenvalue weighted by Crippen LogP contribution is 2.00. The number of aromatic amines is 1. The minimum atomic E-state index is -0.304. The topological polar surface area (TPSA) is 92.2 Å². The molecular formula is C14H13N5O2. The summed E-state index contributed by atoms with van der Waals surface area (Å²) in [7, 11) is 0. The van der Waals surface area contributed by atoms with Crippen LogP contribution in [-0.2, 0) is 17.8 Å². The van der Waals surface area contributed by atoms with Gasteiger partial charge in [0, 0.05) is 12.6 Å². The number of fused-ring (bicyclic) bond motifs is 1. The first kappa shape index (κ1) is 13.0. The summed E-state index contributed by atoms with van der Waals surface area (Å²) in [6, 6.07) is 11.0. The minimum absolute atomic E-state index is 0.0661. The van der Waals surface area contributed by atoms with E-state index in [1.807, 2.05) is 30.3 Å². The first-order valence-electron chi connectivity index (χ1n) is 6.45. The van der Waals surface area contributed by atoms with Gasteiger partial charge in [0.1, 0.15) is 6.33 Å². The Morgan fingerprint density at radius 3 is 2.90 bits per heavy atom. The molecule has 0 aliphatic rings. The molecule has 7 heteroatoms. The molecular weight excluding hydrogens is 270 g/mol. The summed E-state index contributed by atoms with van der Waals surface area (Å²) in [5, 5.41) is 6.80. The molecule has 21 heavy (non-hydrogen) atoms. The SMILES string of the molecule is O=C(Cc1cc(=O)[nH]c2ncnn12)NCc1ccccc1. The fourth-order valence-corrected chi connectivity index (χ4v) is 2.05. The van der Waals surface area contributed by atoms with Crippen LogP contribution < -0.4 is 10.9 Å². The van der Waals surface area contributed by atoms with Gasteiger partial charge >= 0.3 is 0 Å².